The normalized spacial score (nSPS) is 16.0. The van der Waals surface area contributed by atoms with Crippen LogP contribution in [-0.2, 0) is 11.3 Å². The number of likely N-dealkylation sites (tertiary alicyclic amines) is 1. The van der Waals surface area contributed by atoms with Gasteiger partial charge < -0.3 is 29.3 Å². The van der Waals surface area contributed by atoms with Crippen LogP contribution in [0.15, 0.2) is 16.8 Å². The molecular formula is C22H30B2N7O5. The minimum absolute atomic E-state index is 0.0244. The maximum absolute atomic E-state index is 12.4. The van der Waals surface area contributed by atoms with Crippen molar-refractivity contribution >= 4 is 32.5 Å². The van der Waals surface area contributed by atoms with E-state index in [0.29, 0.717) is 43.1 Å². The molecule has 0 spiro atoms. The second-order valence-corrected chi connectivity index (χ2v) is 9.68. The molecule has 3 aromatic rings. The number of imidazole rings is 1. The number of aromatic nitrogens is 5. The number of carbonyl (C=O) groups excluding carboxylic acids is 1. The summed E-state index contributed by atoms with van der Waals surface area (Å²) < 4.78 is 26.0. The number of amides is 1. The predicted molar refractivity (Wildman–Crippen MR) is 132 cm³/mol. The van der Waals surface area contributed by atoms with Gasteiger partial charge in [-0.2, -0.15) is 4.98 Å². The Hall–Kier alpha value is -3.28. The van der Waals surface area contributed by atoms with Gasteiger partial charge in [0.15, 0.2) is 12.9 Å². The van der Waals surface area contributed by atoms with Gasteiger partial charge in [-0.1, -0.05) is 5.16 Å². The molecule has 1 fully saturated rings. The molecule has 1 aliphatic rings. The van der Waals surface area contributed by atoms with E-state index in [1.807, 2.05) is 20.8 Å². The van der Waals surface area contributed by atoms with Gasteiger partial charge in [-0.15, -0.1) is 5.10 Å². The first-order chi connectivity index (χ1) is 17.6. The number of aliphatic hydroxyl groups excluding tert-OH is 1. The van der Waals surface area contributed by atoms with Crippen LogP contribution in [-0.4, -0.2) is 80.9 Å². The van der Waals surface area contributed by atoms with Crippen LogP contribution < -0.4 is 10.0 Å². The molecule has 1 unspecified atom stereocenters. The number of fused-ring (bicyclic) bond motifs is 1. The Kier molecular flexibility index (Phi) is 7.30. The zero-order valence-corrected chi connectivity index (χ0v) is 20.9. The fourth-order valence-corrected chi connectivity index (χ4v) is 3.96. The standard InChI is InChI=1S/C22H30B2N7O5/c1-13-9-15(29-36-13)11-34-20-27-18(26-12-24-23)19-25-10-16(31(19)28-20)17(32)14-5-7-30(8-6-14)21(33)35-22(2,3)4/h9-10,14,17,32H,5-8,11-12H2,1-4H3,(H,26,27,28)/i/hD. The fraction of sp³-hybridized carbons (Fsp3) is 0.591. The highest BCUT2D eigenvalue weighted by molar-refractivity contribution is 6.89. The second kappa shape index (κ2) is 10.8. The highest BCUT2D eigenvalue weighted by atomic mass is 16.6. The summed E-state index contributed by atoms with van der Waals surface area (Å²) in [7, 11) is 6.84. The van der Waals surface area contributed by atoms with Crippen molar-refractivity contribution in [3.63, 3.8) is 0 Å². The van der Waals surface area contributed by atoms with E-state index in [-0.39, 0.29) is 42.5 Å². The Balaban J connectivity index is 1.55. The van der Waals surface area contributed by atoms with Crippen LogP contribution in [0.1, 0.15) is 56.9 Å². The number of hydrogen-bond donors (Lipinski definition) is 2. The summed E-state index contributed by atoms with van der Waals surface area (Å²) in [6.45, 7) is 8.25. The predicted octanol–water partition coefficient (Wildman–Crippen LogP) is 1.84. The molecule has 2 N–H and O–H groups in total. The Morgan fingerprint density at radius 3 is 2.83 bits per heavy atom. The molecule has 1 aliphatic heterocycles. The van der Waals surface area contributed by atoms with Gasteiger partial charge in [-0.05, 0) is 52.9 Å². The lowest BCUT2D eigenvalue weighted by atomic mass is 9.56. The van der Waals surface area contributed by atoms with E-state index in [2.05, 4.69) is 20.2 Å². The molecule has 1 saturated heterocycles. The van der Waals surface area contributed by atoms with Crippen molar-refractivity contribution in [1.29, 1.82) is 0 Å². The highest BCUT2D eigenvalue weighted by Gasteiger charge is 2.32. The van der Waals surface area contributed by atoms with Crippen LogP contribution in [0.5, 0.6) is 6.01 Å². The number of hydrogen-bond acceptors (Lipinski definition) is 10. The lowest BCUT2D eigenvalue weighted by Crippen LogP contribution is -2.42. The molecular weight excluding hydrogens is 464 g/mol. The van der Waals surface area contributed by atoms with Gasteiger partial charge in [-0.3, -0.25) is 0 Å². The number of rotatable bonds is 8. The van der Waals surface area contributed by atoms with Crippen molar-refractivity contribution in [2.24, 2.45) is 5.92 Å². The van der Waals surface area contributed by atoms with E-state index in [9.17, 15) is 9.90 Å². The number of anilines is 1. The molecule has 3 aromatic heterocycles. The first-order valence-electron chi connectivity index (χ1n) is 12.3. The van der Waals surface area contributed by atoms with Crippen LogP contribution in [0, 0.1) is 12.8 Å². The monoisotopic (exact) mass is 495 g/mol. The van der Waals surface area contributed by atoms with Crippen molar-refractivity contribution in [2.75, 3.05) is 24.8 Å². The molecule has 14 heteroatoms. The Morgan fingerprint density at radius 2 is 2.19 bits per heavy atom. The largest absolute Gasteiger partial charge is 0.456 e. The third-order valence-electron chi connectivity index (χ3n) is 5.66. The maximum atomic E-state index is 12.4. The minimum atomic E-state index is -0.912. The molecule has 36 heavy (non-hydrogen) atoms. The molecule has 1 atom stereocenters. The summed E-state index contributed by atoms with van der Waals surface area (Å²) in [5, 5.41) is 20.7. The average molecular weight is 495 g/mol. The first kappa shape index (κ1) is 24.4. The number of aryl methyl sites for hydroxylation is 1. The molecule has 4 heterocycles. The lowest BCUT2D eigenvalue weighted by Gasteiger charge is -2.35. The van der Waals surface area contributed by atoms with E-state index in [4.69, 9.17) is 23.1 Å². The van der Waals surface area contributed by atoms with Gasteiger partial charge in [0.05, 0.1) is 19.1 Å². The van der Waals surface area contributed by atoms with Gasteiger partial charge in [0.2, 0.25) is 0 Å². The van der Waals surface area contributed by atoms with E-state index >= 15 is 0 Å². The van der Waals surface area contributed by atoms with Crippen molar-refractivity contribution < 1.29 is 25.3 Å². The van der Waals surface area contributed by atoms with Crippen molar-refractivity contribution in [1.82, 2.24) is 29.6 Å². The fourth-order valence-electron chi connectivity index (χ4n) is 3.96. The number of nitrogens with zero attached hydrogens (tertiary/aromatic N) is 6. The summed E-state index contributed by atoms with van der Waals surface area (Å²) in [5.41, 5.74) is 0.702. The molecule has 0 aromatic carbocycles. The summed E-state index contributed by atoms with van der Waals surface area (Å²) >= 11 is 0. The van der Waals surface area contributed by atoms with Gasteiger partial charge in [0, 0.05) is 26.9 Å². The van der Waals surface area contributed by atoms with E-state index in [1.165, 1.54) is 17.9 Å². The Bertz CT molecular complexity index is 1230. The van der Waals surface area contributed by atoms with Crippen molar-refractivity contribution in [3.05, 3.63) is 29.4 Å². The quantitative estimate of drug-likeness (QED) is 0.445. The van der Waals surface area contributed by atoms with E-state index in [0.717, 1.165) is 5.31 Å². The summed E-state index contributed by atoms with van der Waals surface area (Å²) in [6.07, 6.45) is 1.49. The Morgan fingerprint density at radius 1 is 1.44 bits per heavy atom. The average Bonchev–Trinajstić information content (AvgIpc) is 3.47. The first-order valence-corrected chi connectivity index (χ1v) is 11.8. The summed E-state index contributed by atoms with van der Waals surface area (Å²) in [4.78, 5) is 22.8. The zero-order valence-electron chi connectivity index (χ0n) is 21.9. The number of carbonyl (C=O) groups is 1. The second-order valence-electron chi connectivity index (χ2n) is 9.68. The van der Waals surface area contributed by atoms with Gasteiger partial charge in [0.1, 0.15) is 29.8 Å². The molecule has 3 radical (unpaired) electrons. The number of ether oxygens (including phenoxy) is 2. The molecule has 4 rings (SSSR count). The maximum Gasteiger partial charge on any atom is 0.410 e. The number of aliphatic hydroxyl groups is 1. The minimum Gasteiger partial charge on any atom is -0.456 e. The SMILES string of the molecule is [2H]N(C[B][B])c1nc(OCc2cc(C)on2)nn2c(C(O)C3CCN(C(=O)OC(C)(C)C)CC3)cnc12. The molecule has 0 saturated carbocycles. The van der Waals surface area contributed by atoms with Crippen molar-refractivity contribution in [2.45, 2.75) is 58.8 Å². The molecule has 1 amide bonds. The molecule has 0 bridgehead atoms. The van der Waals surface area contributed by atoms with Crippen LogP contribution >= 0.6 is 0 Å². The highest BCUT2D eigenvalue weighted by Crippen LogP contribution is 2.32. The van der Waals surface area contributed by atoms with Gasteiger partial charge in [0.25, 0.3) is 0 Å². The van der Waals surface area contributed by atoms with Gasteiger partial charge in [-0.25, -0.2) is 14.3 Å². The number of piperidine rings is 1. The number of nitrogens with one attached hydrogen (secondary N) is 1. The smallest absolute Gasteiger partial charge is 0.410 e. The third-order valence-corrected chi connectivity index (χ3v) is 5.66. The summed E-state index contributed by atoms with van der Waals surface area (Å²) in [6, 6.07) is 1.71. The summed E-state index contributed by atoms with van der Waals surface area (Å²) in [5.74, 6) is 0.675. The van der Waals surface area contributed by atoms with E-state index in [1.54, 1.807) is 17.9 Å². The van der Waals surface area contributed by atoms with Crippen LogP contribution in [0.3, 0.4) is 0 Å². The third kappa shape index (κ3) is 6.10. The molecule has 12 nitrogen and oxygen atoms in total. The topological polar surface area (TPSA) is 140 Å². The molecule has 189 valence electrons. The van der Waals surface area contributed by atoms with Crippen LogP contribution in [0.25, 0.3) is 5.65 Å². The lowest BCUT2D eigenvalue weighted by molar-refractivity contribution is 0.00687. The van der Waals surface area contributed by atoms with Crippen LogP contribution in [0.4, 0.5) is 10.6 Å². The molecule has 0 aliphatic carbocycles. The van der Waals surface area contributed by atoms with Gasteiger partial charge >= 0.3 is 12.1 Å². The van der Waals surface area contributed by atoms with Crippen molar-refractivity contribution in [3.8, 4) is 6.01 Å². The van der Waals surface area contributed by atoms with E-state index < -0.39 is 11.7 Å². The Labute approximate surface area is 212 Å². The zero-order chi connectivity index (χ0) is 26.7. The van der Waals surface area contributed by atoms with Crippen LogP contribution in [0.2, 0.25) is 1.41 Å².